The molecule has 2 rings (SSSR count). The Morgan fingerprint density at radius 2 is 2.05 bits per heavy atom. The lowest BCUT2D eigenvalue weighted by Crippen LogP contribution is -2.15. The van der Waals surface area contributed by atoms with Gasteiger partial charge in [-0.2, -0.15) is 0 Å². The van der Waals surface area contributed by atoms with Crippen LogP contribution in [0.5, 0.6) is 0 Å². The number of hydrogen-bond donors (Lipinski definition) is 1. The van der Waals surface area contributed by atoms with E-state index in [2.05, 4.69) is 41.4 Å². The quantitative estimate of drug-likeness (QED) is 0.850. The van der Waals surface area contributed by atoms with Gasteiger partial charge in [0.15, 0.2) is 5.13 Å². The zero-order valence-electron chi connectivity index (χ0n) is 12.2. The molecule has 0 fully saturated rings. The Balaban J connectivity index is 2.32. The van der Waals surface area contributed by atoms with E-state index in [1.807, 2.05) is 13.1 Å². The predicted octanol–water partition coefficient (Wildman–Crippen LogP) is 3.17. The summed E-state index contributed by atoms with van der Waals surface area (Å²) < 4.78 is 5.25. The number of nitrogens with zero attached hydrogens (tertiary/aromatic N) is 2. The summed E-state index contributed by atoms with van der Waals surface area (Å²) in [6.45, 7) is 4.41. The largest absolute Gasteiger partial charge is 0.378 e. The normalized spacial score (nSPS) is 10.8. The van der Waals surface area contributed by atoms with Crippen molar-refractivity contribution < 1.29 is 4.74 Å². The van der Waals surface area contributed by atoms with Gasteiger partial charge < -0.3 is 15.0 Å². The van der Waals surface area contributed by atoms with Crippen molar-refractivity contribution in [1.82, 2.24) is 10.3 Å². The van der Waals surface area contributed by atoms with E-state index in [1.165, 1.54) is 10.6 Å². The number of ether oxygens (including phenoxy) is 1. The molecule has 0 unspecified atom stereocenters. The van der Waals surface area contributed by atoms with Crippen molar-refractivity contribution in [1.29, 1.82) is 0 Å². The molecule has 1 aromatic carbocycles. The zero-order chi connectivity index (χ0) is 14.4. The second kappa shape index (κ2) is 7.38. The summed E-state index contributed by atoms with van der Waals surface area (Å²) in [6.07, 6.45) is 0. The van der Waals surface area contributed by atoms with Gasteiger partial charge in [0.05, 0.1) is 12.3 Å². The van der Waals surface area contributed by atoms with Crippen LogP contribution in [0.2, 0.25) is 0 Å². The van der Waals surface area contributed by atoms with Gasteiger partial charge in [0, 0.05) is 30.8 Å². The molecule has 0 aliphatic rings. The van der Waals surface area contributed by atoms with E-state index in [-0.39, 0.29) is 0 Å². The minimum atomic E-state index is 0.555. The first kappa shape index (κ1) is 15.0. The van der Waals surface area contributed by atoms with Crippen LogP contribution in [0.3, 0.4) is 0 Å². The molecule has 0 spiro atoms. The Hall–Kier alpha value is -1.43. The van der Waals surface area contributed by atoms with Crippen LogP contribution < -0.4 is 10.2 Å². The van der Waals surface area contributed by atoms with Crippen LogP contribution in [0.4, 0.5) is 10.8 Å². The van der Waals surface area contributed by atoms with Gasteiger partial charge in [-0.25, -0.2) is 4.98 Å². The van der Waals surface area contributed by atoms with Crippen LogP contribution in [-0.2, 0) is 17.9 Å². The maximum absolute atomic E-state index is 5.25. The minimum Gasteiger partial charge on any atom is -0.378 e. The highest BCUT2D eigenvalue weighted by Gasteiger charge is 2.16. The zero-order valence-corrected chi connectivity index (χ0v) is 13.0. The first-order valence-corrected chi connectivity index (χ1v) is 7.56. The Morgan fingerprint density at radius 1 is 1.30 bits per heavy atom. The summed E-state index contributed by atoms with van der Waals surface area (Å²) in [7, 11) is 3.65. The molecule has 20 heavy (non-hydrogen) atoms. The van der Waals surface area contributed by atoms with Crippen molar-refractivity contribution in [2.45, 2.75) is 20.1 Å². The van der Waals surface area contributed by atoms with Gasteiger partial charge in [-0.1, -0.05) is 29.5 Å². The number of hydrogen-bond acceptors (Lipinski definition) is 5. The molecule has 0 saturated heterocycles. The van der Waals surface area contributed by atoms with Crippen LogP contribution in [0.1, 0.15) is 17.5 Å². The van der Waals surface area contributed by atoms with E-state index in [9.17, 15) is 0 Å². The van der Waals surface area contributed by atoms with Crippen molar-refractivity contribution in [3.63, 3.8) is 0 Å². The highest BCUT2D eigenvalue weighted by atomic mass is 32.1. The highest BCUT2D eigenvalue weighted by Crippen LogP contribution is 2.31. The van der Waals surface area contributed by atoms with E-state index < -0.39 is 0 Å². The third kappa shape index (κ3) is 3.36. The molecule has 5 heteroatoms. The SMILES string of the molecule is CCN(c1ccccc1)c1nc(COC)c(CNC)s1. The Labute approximate surface area is 124 Å². The average molecular weight is 291 g/mol. The summed E-state index contributed by atoms with van der Waals surface area (Å²) in [5.41, 5.74) is 2.19. The predicted molar refractivity (Wildman–Crippen MR) is 84.7 cm³/mol. The van der Waals surface area contributed by atoms with Crippen LogP contribution >= 0.6 is 11.3 Å². The number of rotatable bonds is 7. The van der Waals surface area contributed by atoms with Crippen molar-refractivity contribution in [2.75, 3.05) is 25.6 Å². The van der Waals surface area contributed by atoms with E-state index in [4.69, 9.17) is 9.72 Å². The molecule has 0 aliphatic carbocycles. The van der Waals surface area contributed by atoms with E-state index in [0.29, 0.717) is 6.61 Å². The summed E-state index contributed by atoms with van der Waals surface area (Å²) >= 11 is 1.72. The lowest BCUT2D eigenvalue weighted by atomic mass is 10.3. The molecule has 1 heterocycles. The summed E-state index contributed by atoms with van der Waals surface area (Å²) in [5.74, 6) is 0. The first-order chi connectivity index (χ1) is 9.80. The van der Waals surface area contributed by atoms with Gasteiger partial charge in [0.1, 0.15) is 0 Å². The first-order valence-electron chi connectivity index (χ1n) is 6.74. The Morgan fingerprint density at radius 3 is 2.65 bits per heavy atom. The maximum Gasteiger partial charge on any atom is 0.190 e. The summed E-state index contributed by atoms with van der Waals surface area (Å²) in [6, 6.07) is 10.4. The number of para-hydroxylation sites is 1. The Bertz CT molecular complexity index is 504. The number of nitrogens with one attached hydrogen (secondary N) is 1. The number of thiazole rings is 1. The van der Waals surface area contributed by atoms with Gasteiger partial charge in [0.2, 0.25) is 0 Å². The topological polar surface area (TPSA) is 37.4 Å². The van der Waals surface area contributed by atoms with Crippen molar-refractivity contribution >= 4 is 22.2 Å². The number of aromatic nitrogens is 1. The molecule has 4 nitrogen and oxygen atoms in total. The Kier molecular flexibility index (Phi) is 5.52. The molecule has 0 aliphatic heterocycles. The smallest absolute Gasteiger partial charge is 0.190 e. The summed E-state index contributed by atoms with van der Waals surface area (Å²) in [5, 5.41) is 4.21. The number of benzene rings is 1. The molecule has 0 radical (unpaired) electrons. The molecule has 108 valence electrons. The fourth-order valence-electron chi connectivity index (χ4n) is 2.07. The van der Waals surface area contributed by atoms with Crippen molar-refractivity contribution in [3.05, 3.63) is 40.9 Å². The lowest BCUT2D eigenvalue weighted by molar-refractivity contribution is 0.181. The van der Waals surface area contributed by atoms with Gasteiger partial charge in [-0.15, -0.1) is 0 Å². The highest BCUT2D eigenvalue weighted by molar-refractivity contribution is 7.15. The standard InChI is InChI=1S/C15H21N3OS/c1-4-18(12-8-6-5-7-9-12)15-17-13(11-19-3)14(20-15)10-16-2/h5-9,16H,4,10-11H2,1-3H3. The molecule has 0 saturated carbocycles. The van der Waals surface area contributed by atoms with E-state index in [1.54, 1.807) is 18.4 Å². The maximum atomic E-state index is 5.25. The van der Waals surface area contributed by atoms with E-state index in [0.717, 1.165) is 23.9 Å². The molecular weight excluding hydrogens is 270 g/mol. The molecule has 0 atom stereocenters. The fourth-order valence-corrected chi connectivity index (χ4v) is 3.23. The summed E-state index contributed by atoms with van der Waals surface area (Å²) in [4.78, 5) is 8.21. The second-order valence-electron chi connectivity index (χ2n) is 4.41. The fraction of sp³-hybridized carbons (Fsp3) is 0.400. The van der Waals surface area contributed by atoms with Crippen molar-refractivity contribution in [3.8, 4) is 0 Å². The van der Waals surface area contributed by atoms with Crippen LogP contribution in [-0.4, -0.2) is 25.7 Å². The van der Waals surface area contributed by atoms with Crippen LogP contribution in [0.25, 0.3) is 0 Å². The molecule has 0 amide bonds. The molecular formula is C15H21N3OS. The van der Waals surface area contributed by atoms with Crippen LogP contribution in [0, 0.1) is 0 Å². The van der Waals surface area contributed by atoms with Gasteiger partial charge in [-0.05, 0) is 26.1 Å². The van der Waals surface area contributed by atoms with Gasteiger partial charge >= 0.3 is 0 Å². The molecule has 0 bridgehead atoms. The van der Waals surface area contributed by atoms with Gasteiger partial charge in [0.25, 0.3) is 0 Å². The molecule has 2 aromatic rings. The van der Waals surface area contributed by atoms with Crippen molar-refractivity contribution in [2.24, 2.45) is 0 Å². The number of methoxy groups -OCH3 is 1. The lowest BCUT2D eigenvalue weighted by Gasteiger charge is -2.19. The monoisotopic (exact) mass is 291 g/mol. The van der Waals surface area contributed by atoms with Gasteiger partial charge in [-0.3, -0.25) is 0 Å². The van der Waals surface area contributed by atoms with Crippen LogP contribution in [0.15, 0.2) is 30.3 Å². The molecule has 1 N–H and O–H groups in total. The average Bonchev–Trinajstić information content (AvgIpc) is 2.85. The minimum absolute atomic E-state index is 0.555. The third-order valence-corrected chi connectivity index (χ3v) is 4.12. The third-order valence-electron chi connectivity index (χ3n) is 3.00. The second-order valence-corrected chi connectivity index (χ2v) is 5.47. The van der Waals surface area contributed by atoms with E-state index >= 15 is 0 Å². The number of anilines is 2. The molecule has 1 aromatic heterocycles.